The van der Waals surface area contributed by atoms with E-state index in [1.54, 1.807) is 10.7 Å². The number of aromatic nitrogens is 2. The molecule has 0 saturated carbocycles. The molecular formula is C14H18FN5O. The number of hydrogen-bond donors (Lipinski definition) is 3. The van der Waals surface area contributed by atoms with Gasteiger partial charge in [0.05, 0.1) is 11.4 Å². The number of rotatable bonds is 5. The van der Waals surface area contributed by atoms with Gasteiger partial charge in [0.2, 0.25) is 0 Å². The summed E-state index contributed by atoms with van der Waals surface area (Å²) in [5, 5.41) is 19.1. The lowest BCUT2D eigenvalue weighted by atomic mass is 10.1. The van der Waals surface area contributed by atoms with Gasteiger partial charge >= 0.3 is 0 Å². The maximum Gasteiger partial charge on any atom is 0.170 e. The van der Waals surface area contributed by atoms with E-state index in [2.05, 4.69) is 15.6 Å². The number of anilines is 1. The Bertz CT molecular complexity index is 665. The summed E-state index contributed by atoms with van der Waals surface area (Å²) in [5.41, 5.74) is 8.39. The molecule has 0 spiro atoms. The topological polar surface area (TPSA) is 88.5 Å². The van der Waals surface area contributed by atoms with Crippen molar-refractivity contribution in [3.63, 3.8) is 0 Å². The molecule has 0 saturated heterocycles. The van der Waals surface area contributed by atoms with Crippen LogP contribution in [0, 0.1) is 5.82 Å². The van der Waals surface area contributed by atoms with Crippen molar-refractivity contribution in [2.45, 2.75) is 19.9 Å². The molecule has 7 heteroatoms. The maximum atomic E-state index is 13.6. The van der Waals surface area contributed by atoms with E-state index in [-0.39, 0.29) is 5.84 Å². The molecular weight excluding hydrogens is 273 g/mol. The van der Waals surface area contributed by atoms with Crippen molar-refractivity contribution in [1.82, 2.24) is 9.78 Å². The lowest BCUT2D eigenvalue weighted by Crippen LogP contribution is -2.14. The molecule has 0 amide bonds. The van der Waals surface area contributed by atoms with Crippen molar-refractivity contribution in [2.75, 3.05) is 5.32 Å². The average Bonchev–Trinajstić information content (AvgIpc) is 2.83. The van der Waals surface area contributed by atoms with E-state index in [4.69, 9.17) is 10.9 Å². The molecule has 0 radical (unpaired) electrons. The number of nitrogens with two attached hydrogens (primary N) is 1. The zero-order valence-electron chi connectivity index (χ0n) is 12.0. The molecule has 4 N–H and O–H groups in total. The minimum absolute atomic E-state index is 0.119. The SMILES string of the molecule is CCc1nn(C)cc1NCc1cc(F)cc(/C(N)=N/O)c1. The summed E-state index contributed by atoms with van der Waals surface area (Å²) in [4.78, 5) is 0. The Hall–Kier alpha value is -2.57. The highest BCUT2D eigenvalue weighted by atomic mass is 19.1. The standard InChI is InChI=1S/C14H18FN5O/c1-3-12-13(8-20(2)18-12)17-7-9-4-10(14(16)19-21)6-11(15)5-9/h4-6,8,17,21H,3,7H2,1-2H3,(H2,16,19). The van der Waals surface area contributed by atoms with E-state index in [0.717, 1.165) is 17.8 Å². The van der Waals surface area contributed by atoms with Crippen LogP contribution in [-0.2, 0) is 20.0 Å². The van der Waals surface area contributed by atoms with Gasteiger partial charge in [0.25, 0.3) is 0 Å². The zero-order chi connectivity index (χ0) is 15.4. The second-order valence-corrected chi connectivity index (χ2v) is 4.70. The molecule has 0 fully saturated rings. The second kappa shape index (κ2) is 6.25. The van der Waals surface area contributed by atoms with Crippen molar-refractivity contribution < 1.29 is 9.60 Å². The Morgan fingerprint density at radius 3 is 2.90 bits per heavy atom. The van der Waals surface area contributed by atoms with E-state index in [9.17, 15) is 4.39 Å². The number of oxime groups is 1. The van der Waals surface area contributed by atoms with E-state index in [0.29, 0.717) is 17.7 Å². The molecule has 1 heterocycles. The van der Waals surface area contributed by atoms with Crippen LogP contribution >= 0.6 is 0 Å². The first kappa shape index (κ1) is 14.8. The Balaban J connectivity index is 2.18. The monoisotopic (exact) mass is 291 g/mol. The first-order valence-corrected chi connectivity index (χ1v) is 6.57. The highest BCUT2D eigenvalue weighted by Gasteiger charge is 2.08. The molecule has 2 aromatic rings. The third-order valence-electron chi connectivity index (χ3n) is 3.08. The number of hydrogen-bond acceptors (Lipinski definition) is 4. The van der Waals surface area contributed by atoms with Crippen molar-refractivity contribution >= 4 is 11.5 Å². The molecule has 1 aromatic heterocycles. The van der Waals surface area contributed by atoms with Crippen molar-refractivity contribution in [2.24, 2.45) is 17.9 Å². The number of nitrogens with zero attached hydrogens (tertiary/aromatic N) is 3. The normalized spacial score (nSPS) is 11.7. The Kier molecular flexibility index (Phi) is 4.42. The summed E-state index contributed by atoms with van der Waals surface area (Å²) in [6.45, 7) is 2.44. The Morgan fingerprint density at radius 1 is 1.48 bits per heavy atom. The molecule has 0 aliphatic heterocycles. The predicted octanol–water partition coefficient (Wildman–Crippen LogP) is 1.83. The van der Waals surface area contributed by atoms with Crippen molar-refractivity contribution in [3.05, 3.63) is 47.0 Å². The highest BCUT2D eigenvalue weighted by molar-refractivity contribution is 5.97. The smallest absolute Gasteiger partial charge is 0.170 e. The number of benzene rings is 1. The summed E-state index contributed by atoms with van der Waals surface area (Å²) in [6.07, 6.45) is 2.68. The molecule has 0 aliphatic carbocycles. The van der Waals surface area contributed by atoms with Gasteiger partial charge in [0.1, 0.15) is 5.82 Å². The molecule has 0 atom stereocenters. The summed E-state index contributed by atoms with van der Waals surface area (Å²) in [6, 6.07) is 4.30. The number of aryl methyl sites for hydroxylation is 2. The van der Waals surface area contributed by atoms with Gasteiger partial charge in [-0.1, -0.05) is 12.1 Å². The second-order valence-electron chi connectivity index (χ2n) is 4.70. The molecule has 2 rings (SSSR count). The quantitative estimate of drug-likeness (QED) is 0.339. The molecule has 0 unspecified atom stereocenters. The zero-order valence-corrected chi connectivity index (χ0v) is 12.0. The van der Waals surface area contributed by atoms with Gasteiger partial charge in [-0.25, -0.2) is 4.39 Å². The molecule has 21 heavy (non-hydrogen) atoms. The van der Waals surface area contributed by atoms with Crippen LogP contribution in [0.5, 0.6) is 0 Å². The predicted molar refractivity (Wildman–Crippen MR) is 78.8 cm³/mol. The van der Waals surface area contributed by atoms with Crippen LogP contribution in [0.4, 0.5) is 10.1 Å². The van der Waals surface area contributed by atoms with Gasteiger partial charge in [-0.3, -0.25) is 4.68 Å². The lowest BCUT2D eigenvalue weighted by molar-refractivity contribution is 0.318. The van der Waals surface area contributed by atoms with Crippen molar-refractivity contribution in [3.8, 4) is 0 Å². The summed E-state index contributed by atoms with van der Waals surface area (Å²) in [7, 11) is 1.85. The molecule has 1 aromatic carbocycles. The van der Waals surface area contributed by atoms with Crippen LogP contribution in [0.2, 0.25) is 0 Å². The van der Waals surface area contributed by atoms with Crippen LogP contribution in [0.25, 0.3) is 0 Å². The first-order chi connectivity index (χ1) is 10.0. The maximum absolute atomic E-state index is 13.6. The number of amidine groups is 1. The van der Waals surface area contributed by atoms with E-state index < -0.39 is 5.82 Å². The van der Waals surface area contributed by atoms with Crippen LogP contribution in [0.1, 0.15) is 23.7 Å². The van der Waals surface area contributed by atoms with E-state index in [1.807, 2.05) is 20.2 Å². The van der Waals surface area contributed by atoms with Gasteiger partial charge in [-0.15, -0.1) is 0 Å². The fraction of sp³-hybridized carbons (Fsp3) is 0.286. The molecule has 6 nitrogen and oxygen atoms in total. The minimum atomic E-state index is -0.433. The fourth-order valence-electron chi connectivity index (χ4n) is 2.10. The average molecular weight is 291 g/mol. The third-order valence-corrected chi connectivity index (χ3v) is 3.08. The van der Waals surface area contributed by atoms with Gasteiger partial charge in [0, 0.05) is 25.4 Å². The molecule has 0 aliphatic rings. The minimum Gasteiger partial charge on any atom is -0.409 e. The summed E-state index contributed by atoms with van der Waals surface area (Å²) < 4.78 is 15.3. The summed E-state index contributed by atoms with van der Waals surface area (Å²) in [5.74, 6) is -0.552. The number of nitrogens with one attached hydrogen (secondary N) is 1. The molecule has 0 bridgehead atoms. The van der Waals surface area contributed by atoms with Gasteiger partial charge in [-0.2, -0.15) is 5.10 Å². The summed E-state index contributed by atoms with van der Waals surface area (Å²) >= 11 is 0. The Morgan fingerprint density at radius 2 is 2.24 bits per heavy atom. The van der Waals surface area contributed by atoms with Crippen LogP contribution in [-0.4, -0.2) is 20.8 Å². The molecule has 112 valence electrons. The largest absolute Gasteiger partial charge is 0.409 e. The lowest BCUT2D eigenvalue weighted by Gasteiger charge is -2.08. The van der Waals surface area contributed by atoms with Crippen molar-refractivity contribution in [1.29, 1.82) is 0 Å². The van der Waals surface area contributed by atoms with E-state index in [1.165, 1.54) is 12.1 Å². The van der Waals surface area contributed by atoms with E-state index >= 15 is 0 Å². The van der Waals surface area contributed by atoms with Gasteiger partial charge in [-0.05, 0) is 30.2 Å². The first-order valence-electron chi connectivity index (χ1n) is 6.57. The highest BCUT2D eigenvalue weighted by Crippen LogP contribution is 2.16. The number of halogens is 1. The third kappa shape index (κ3) is 3.50. The van der Waals surface area contributed by atoms with Gasteiger partial charge < -0.3 is 16.3 Å². The van der Waals surface area contributed by atoms with Crippen LogP contribution in [0.3, 0.4) is 0 Å². The fourth-order valence-corrected chi connectivity index (χ4v) is 2.10. The van der Waals surface area contributed by atoms with Gasteiger partial charge in [0.15, 0.2) is 5.84 Å². The van der Waals surface area contributed by atoms with Crippen LogP contribution < -0.4 is 11.1 Å². The Labute approximate surface area is 122 Å². The van der Waals surface area contributed by atoms with Crippen LogP contribution in [0.15, 0.2) is 29.6 Å².